The van der Waals surface area contributed by atoms with Crippen LogP contribution in [0.25, 0.3) is 23.2 Å². The maximum absolute atomic E-state index is 12.5. The first kappa shape index (κ1) is 24.9. The summed E-state index contributed by atoms with van der Waals surface area (Å²) in [6.07, 6.45) is 3.63. The number of amides is 1. The van der Waals surface area contributed by atoms with Crippen molar-refractivity contribution in [2.24, 2.45) is 5.10 Å². The summed E-state index contributed by atoms with van der Waals surface area (Å²) in [5.41, 5.74) is 6.40. The number of nitrogens with one attached hydrogen (secondary N) is 1. The van der Waals surface area contributed by atoms with Crippen molar-refractivity contribution in [1.82, 2.24) is 20.2 Å². The molecule has 0 saturated carbocycles. The molecule has 0 aliphatic carbocycles. The number of ether oxygens (including phenoxy) is 1. The van der Waals surface area contributed by atoms with Gasteiger partial charge in [0.25, 0.3) is 5.91 Å². The summed E-state index contributed by atoms with van der Waals surface area (Å²) in [5.74, 6) is 1.40. The number of hydrogen-bond acceptors (Lipinski definition) is 6. The van der Waals surface area contributed by atoms with Crippen molar-refractivity contribution in [1.29, 1.82) is 0 Å². The fourth-order valence-corrected chi connectivity index (χ4v) is 4.19. The number of aromatic nitrogens is 3. The van der Waals surface area contributed by atoms with Crippen LogP contribution in [0.3, 0.4) is 0 Å². The highest BCUT2D eigenvalue weighted by atomic mass is 32.2. The van der Waals surface area contributed by atoms with Crippen molar-refractivity contribution in [2.75, 3.05) is 12.4 Å². The molecule has 0 bridgehead atoms. The van der Waals surface area contributed by atoms with Crippen LogP contribution in [0, 0.1) is 0 Å². The second-order valence-electron chi connectivity index (χ2n) is 7.82. The fourth-order valence-electron chi connectivity index (χ4n) is 3.45. The highest BCUT2D eigenvalue weighted by Gasteiger charge is 2.17. The van der Waals surface area contributed by atoms with E-state index in [2.05, 4.69) is 20.7 Å². The number of rotatable bonds is 10. The molecule has 0 atom stereocenters. The van der Waals surface area contributed by atoms with Crippen LogP contribution < -0.4 is 10.2 Å². The Labute approximate surface area is 214 Å². The van der Waals surface area contributed by atoms with E-state index >= 15 is 0 Å². The van der Waals surface area contributed by atoms with Gasteiger partial charge in [0.1, 0.15) is 5.75 Å². The Kier molecular flexibility index (Phi) is 8.67. The van der Waals surface area contributed by atoms with Crippen molar-refractivity contribution in [3.63, 3.8) is 0 Å². The number of benzene rings is 3. The second-order valence-corrected chi connectivity index (χ2v) is 8.76. The first-order valence-corrected chi connectivity index (χ1v) is 12.5. The lowest BCUT2D eigenvalue weighted by Gasteiger charge is -2.11. The van der Waals surface area contributed by atoms with Gasteiger partial charge >= 0.3 is 0 Å². The molecule has 1 heterocycles. The first-order valence-electron chi connectivity index (χ1n) is 11.6. The molecule has 4 aromatic rings. The van der Waals surface area contributed by atoms with Crippen molar-refractivity contribution in [2.45, 2.75) is 19.0 Å². The Morgan fingerprint density at radius 3 is 2.39 bits per heavy atom. The highest BCUT2D eigenvalue weighted by molar-refractivity contribution is 7.99. The number of allylic oxidation sites excluding steroid dienone is 1. The van der Waals surface area contributed by atoms with Gasteiger partial charge < -0.3 is 4.74 Å². The van der Waals surface area contributed by atoms with Crippen molar-refractivity contribution >= 4 is 30.0 Å². The van der Waals surface area contributed by atoms with Gasteiger partial charge in [-0.25, -0.2) is 5.43 Å². The molecule has 182 valence electrons. The van der Waals surface area contributed by atoms with E-state index in [9.17, 15) is 4.79 Å². The maximum atomic E-state index is 12.5. The van der Waals surface area contributed by atoms with Crippen LogP contribution in [0.2, 0.25) is 0 Å². The van der Waals surface area contributed by atoms with Gasteiger partial charge in [-0.3, -0.25) is 9.36 Å². The van der Waals surface area contributed by atoms with Gasteiger partial charge in [0.15, 0.2) is 11.0 Å². The van der Waals surface area contributed by atoms with E-state index in [1.54, 1.807) is 6.21 Å². The Hall–Kier alpha value is -4.17. The van der Waals surface area contributed by atoms with E-state index in [0.717, 1.165) is 28.1 Å². The van der Waals surface area contributed by atoms with Gasteiger partial charge in [-0.05, 0) is 49.2 Å². The Bertz CT molecular complexity index is 1330. The number of thioether (sulfide) groups is 1. The van der Waals surface area contributed by atoms with E-state index in [0.29, 0.717) is 17.6 Å². The lowest BCUT2D eigenvalue weighted by atomic mass is 10.1. The molecule has 0 fully saturated rings. The minimum atomic E-state index is -0.230. The summed E-state index contributed by atoms with van der Waals surface area (Å²) >= 11 is 1.30. The summed E-state index contributed by atoms with van der Waals surface area (Å²) in [7, 11) is 0. The van der Waals surface area contributed by atoms with E-state index in [1.165, 1.54) is 11.8 Å². The van der Waals surface area contributed by atoms with E-state index in [4.69, 9.17) is 4.74 Å². The van der Waals surface area contributed by atoms with Gasteiger partial charge in [0, 0.05) is 11.3 Å². The first-order chi connectivity index (χ1) is 17.6. The quantitative estimate of drug-likeness (QED) is 0.174. The van der Waals surface area contributed by atoms with Crippen LogP contribution in [-0.4, -0.2) is 39.2 Å². The molecule has 8 heteroatoms. The SMILES string of the molecule is CCOc1ccc(-n2c(SCC(=O)N/N=C\C(C)=C\c3ccccc3)nnc2-c2ccccc2)cc1. The van der Waals surface area contributed by atoms with Gasteiger partial charge in [0.05, 0.1) is 18.6 Å². The summed E-state index contributed by atoms with van der Waals surface area (Å²) < 4.78 is 7.52. The largest absolute Gasteiger partial charge is 0.494 e. The molecule has 3 aromatic carbocycles. The molecule has 0 aliphatic heterocycles. The van der Waals surface area contributed by atoms with Crippen LogP contribution >= 0.6 is 11.8 Å². The molecule has 1 aromatic heterocycles. The molecule has 4 rings (SSSR count). The molecule has 36 heavy (non-hydrogen) atoms. The second kappa shape index (κ2) is 12.5. The standard InChI is InChI=1S/C28H27N5O2S/c1-3-35-25-16-14-24(15-17-25)33-27(23-12-8-5-9-13-23)31-32-28(33)36-20-26(34)30-29-19-21(2)18-22-10-6-4-7-11-22/h4-19H,3,20H2,1-2H3,(H,30,34)/b21-18+,29-19-. The summed E-state index contributed by atoms with van der Waals surface area (Å²) in [6, 6.07) is 27.5. The number of hydrazone groups is 1. The van der Waals surface area contributed by atoms with E-state index < -0.39 is 0 Å². The zero-order chi connectivity index (χ0) is 25.2. The lowest BCUT2D eigenvalue weighted by molar-refractivity contribution is -0.118. The number of carbonyl (C=O) groups is 1. The minimum absolute atomic E-state index is 0.142. The molecule has 0 radical (unpaired) electrons. The van der Waals surface area contributed by atoms with Crippen LogP contribution in [0.15, 0.2) is 101 Å². The molecular weight excluding hydrogens is 470 g/mol. The molecule has 0 spiro atoms. The van der Waals surface area contributed by atoms with Crippen molar-refractivity contribution in [3.8, 4) is 22.8 Å². The lowest BCUT2D eigenvalue weighted by Crippen LogP contribution is -2.20. The smallest absolute Gasteiger partial charge is 0.250 e. The monoisotopic (exact) mass is 497 g/mol. The third kappa shape index (κ3) is 6.70. The summed E-state index contributed by atoms with van der Waals surface area (Å²) in [5, 5.41) is 13.5. The summed E-state index contributed by atoms with van der Waals surface area (Å²) in [6.45, 7) is 4.48. The number of nitrogens with zero attached hydrogens (tertiary/aromatic N) is 4. The highest BCUT2D eigenvalue weighted by Crippen LogP contribution is 2.28. The fraction of sp³-hybridized carbons (Fsp3) is 0.143. The average molecular weight is 498 g/mol. The molecular formula is C28H27N5O2S. The Balaban J connectivity index is 1.46. The predicted molar refractivity (Wildman–Crippen MR) is 145 cm³/mol. The molecule has 0 unspecified atom stereocenters. The Morgan fingerprint density at radius 1 is 1.00 bits per heavy atom. The van der Waals surface area contributed by atoms with Crippen LogP contribution in [0.4, 0.5) is 0 Å². The van der Waals surface area contributed by atoms with Gasteiger partial charge in [-0.15, -0.1) is 10.2 Å². The third-order valence-electron chi connectivity index (χ3n) is 5.05. The van der Waals surface area contributed by atoms with Crippen LogP contribution in [0.1, 0.15) is 19.4 Å². The predicted octanol–water partition coefficient (Wildman–Crippen LogP) is 5.63. The van der Waals surface area contributed by atoms with Gasteiger partial charge in [-0.1, -0.05) is 78.5 Å². The maximum Gasteiger partial charge on any atom is 0.250 e. The summed E-state index contributed by atoms with van der Waals surface area (Å²) in [4.78, 5) is 12.5. The van der Waals surface area contributed by atoms with Crippen LogP contribution in [-0.2, 0) is 4.79 Å². The van der Waals surface area contributed by atoms with Crippen molar-refractivity contribution < 1.29 is 9.53 Å². The van der Waals surface area contributed by atoms with Gasteiger partial charge in [-0.2, -0.15) is 5.10 Å². The molecule has 1 amide bonds. The third-order valence-corrected chi connectivity index (χ3v) is 5.98. The number of carbonyl (C=O) groups excluding carboxylic acids is 1. The normalized spacial score (nSPS) is 11.6. The molecule has 0 saturated heterocycles. The Morgan fingerprint density at radius 2 is 1.69 bits per heavy atom. The van der Waals surface area contributed by atoms with Crippen LogP contribution in [0.5, 0.6) is 5.75 Å². The topological polar surface area (TPSA) is 81.4 Å². The molecule has 1 N–H and O–H groups in total. The number of hydrogen-bond donors (Lipinski definition) is 1. The van der Waals surface area contributed by atoms with E-state index in [1.807, 2.05) is 109 Å². The minimum Gasteiger partial charge on any atom is -0.494 e. The van der Waals surface area contributed by atoms with E-state index in [-0.39, 0.29) is 11.7 Å². The van der Waals surface area contributed by atoms with Crippen molar-refractivity contribution in [3.05, 3.63) is 96.1 Å². The molecule has 7 nitrogen and oxygen atoms in total. The zero-order valence-corrected chi connectivity index (χ0v) is 21.0. The van der Waals surface area contributed by atoms with Gasteiger partial charge in [0.2, 0.25) is 0 Å². The average Bonchev–Trinajstić information content (AvgIpc) is 3.33. The zero-order valence-electron chi connectivity index (χ0n) is 20.2. The molecule has 0 aliphatic rings.